The molecule has 0 amide bonds. The van der Waals surface area contributed by atoms with E-state index in [0.29, 0.717) is 0 Å². The van der Waals surface area contributed by atoms with E-state index in [4.69, 9.17) is 0 Å². The standard InChI is InChI=1S/C6H8BrN3/c1-4-3-5(7)6(8-2)10-9-4/h3H,1-2H3,(H,8,10). The van der Waals surface area contributed by atoms with E-state index in [0.717, 1.165) is 16.0 Å². The van der Waals surface area contributed by atoms with Crippen LogP contribution in [0.25, 0.3) is 0 Å². The molecule has 4 heteroatoms. The van der Waals surface area contributed by atoms with Gasteiger partial charge in [-0.2, -0.15) is 5.10 Å². The topological polar surface area (TPSA) is 37.8 Å². The fraction of sp³-hybridized carbons (Fsp3) is 0.333. The molecular weight excluding hydrogens is 194 g/mol. The van der Waals surface area contributed by atoms with E-state index >= 15 is 0 Å². The molecule has 0 aromatic carbocycles. The van der Waals surface area contributed by atoms with Gasteiger partial charge >= 0.3 is 0 Å². The summed E-state index contributed by atoms with van der Waals surface area (Å²) >= 11 is 3.34. The number of nitrogens with one attached hydrogen (secondary N) is 1. The van der Waals surface area contributed by atoms with Gasteiger partial charge in [-0.25, -0.2) is 0 Å². The van der Waals surface area contributed by atoms with Crippen LogP contribution >= 0.6 is 15.9 Å². The van der Waals surface area contributed by atoms with Crippen LogP contribution in [-0.2, 0) is 0 Å². The maximum Gasteiger partial charge on any atom is 0.162 e. The maximum absolute atomic E-state index is 3.89. The second-order valence-corrected chi connectivity index (χ2v) is 2.79. The smallest absolute Gasteiger partial charge is 0.162 e. The summed E-state index contributed by atoms with van der Waals surface area (Å²) in [4.78, 5) is 0. The summed E-state index contributed by atoms with van der Waals surface area (Å²) in [6.07, 6.45) is 0. The van der Waals surface area contributed by atoms with E-state index < -0.39 is 0 Å². The van der Waals surface area contributed by atoms with Crippen molar-refractivity contribution in [2.75, 3.05) is 12.4 Å². The molecule has 0 radical (unpaired) electrons. The predicted molar refractivity (Wildman–Crippen MR) is 44.0 cm³/mol. The van der Waals surface area contributed by atoms with Crippen LogP contribution in [0.5, 0.6) is 0 Å². The lowest BCUT2D eigenvalue weighted by molar-refractivity contribution is 0.975. The number of halogens is 1. The molecule has 10 heavy (non-hydrogen) atoms. The molecule has 0 saturated carbocycles. The summed E-state index contributed by atoms with van der Waals surface area (Å²) in [6, 6.07) is 1.92. The van der Waals surface area contributed by atoms with Gasteiger partial charge in [0.2, 0.25) is 0 Å². The Morgan fingerprint density at radius 1 is 1.50 bits per heavy atom. The summed E-state index contributed by atoms with van der Waals surface area (Å²) in [5.41, 5.74) is 0.908. The second kappa shape index (κ2) is 2.96. The summed E-state index contributed by atoms with van der Waals surface area (Å²) in [5.74, 6) is 0.769. The number of aromatic nitrogens is 2. The Labute approximate surface area is 68.0 Å². The molecule has 0 atom stereocenters. The highest BCUT2D eigenvalue weighted by Crippen LogP contribution is 2.17. The molecule has 0 saturated heterocycles. The zero-order valence-corrected chi connectivity index (χ0v) is 7.44. The first-order valence-electron chi connectivity index (χ1n) is 2.91. The van der Waals surface area contributed by atoms with Crippen LogP contribution in [0.2, 0.25) is 0 Å². The zero-order valence-electron chi connectivity index (χ0n) is 5.85. The molecule has 0 unspecified atom stereocenters. The van der Waals surface area contributed by atoms with E-state index in [1.54, 1.807) is 0 Å². The Balaban J connectivity index is 3.07. The molecule has 1 aromatic rings. The van der Waals surface area contributed by atoms with E-state index in [1.807, 2.05) is 20.0 Å². The van der Waals surface area contributed by atoms with E-state index in [2.05, 4.69) is 31.4 Å². The number of hydrogen-bond donors (Lipinski definition) is 1. The Morgan fingerprint density at radius 3 is 2.70 bits per heavy atom. The van der Waals surface area contributed by atoms with Crippen molar-refractivity contribution in [3.05, 3.63) is 16.2 Å². The van der Waals surface area contributed by atoms with Crippen LogP contribution in [0.4, 0.5) is 5.82 Å². The van der Waals surface area contributed by atoms with Crippen LogP contribution in [0.3, 0.4) is 0 Å². The van der Waals surface area contributed by atoms with Crippen molar-refractivity contribution in [1.29, 1.82) is 0 Å². The van der Waals surface area contributed by atoms with E-state index in [-0.39, 0.29) is 0 Å². The summed E-state index contributed by atoms with van der Waals surface area (Å²) in [5, 5.41) is 10.7. The van der Waals surface area contributed by atoms with Gasteiger partial charge in [0.05, 0.1) is 10.2 Å². The first-order chi connectivity index (χ1) is 4.74. The fourth-order valence-corrected chi connectivity index (χ4v) is 1.24. The molecule has 0 fully saturated rings. The maximum atomic E-state index is 3.89. The lowest BCUT2D eigenvalue weighted by Crippen LogP contribution is -1.96. The molecule has 3 nitrogen and oxygen atoms in total. The average Bonchev–Trinajstić information content (AvgIpc) is 1.88. The summed E-state index contributed by atoms with van der Waals surface area (Å²) < 4.78 is 0.947. The monoisotopic (exact) mass is 201 g/mol. The fourth-order valence-electron chi connectivity index (χ4n) is 0.627. The van der Waals surface area contributed by atoms with Gasteiger partial charge in [-0.1, -0.05) is 0 Å². The van der Waals surface area contributed by atoms with Crippen LogP contribution < -0.4 is 5.32 Å². The van der Waals surface area contributed by atoms with Crippen molar-refractivity contribution < 1.29 is 0 Å². The van der Waals surface area contributed by atoms with Crippen LogP contribution in [0.1, 0.15) is 5.69 Å². The second-order valence-electron chi connectivity index (χ2n) is 1.93. The lowest BCUT2D eigenvalue weighted by atomic mass is 10.4. The van der Waals surface area contributed by atoms with Gasteiger partial charge in [0, 0.05) is 7.05 Å². The van der Waals surface area contributed by atoms with Crippen LogP contribution in [0.15, 0.2) is 10.5 Å². The molecule has 0 spiro atoms. The highest BCUT2D eigenvalue weighted by molar-refractivity contribution is 9.10. The zero-order chi connectivity index (χ0) is 7.56. The minimum Gasteiger partial charge on any atom is -0.371 e. The summed E-state index contributed by atoms with van der Waals surface area (Å²) in [7, 11) is 1.81. The van der Waals surface area contributed by atoms with Gasteiger partial charge in [-0.15, -0.1) is 5.10 Å². The quantitative estimate of drug-likeness (QED) is 0.751. The highest BCUT2D eigenvalue weighted by Gasteiger charge is 1.97. The molecule has 1 rings (SSSR count). The first kappa shape index (κ1) is 7.47. The Kier molecular flexibility index (Phi) is 2.21. The molecular formula is C6H8BrN3. The molecule has 0 aliphatic rings. The van der Waals surface area contributed by atoms with E-state index in [9.17, 15) is 0 Å². The molecule has 1 aromatic heterocycles. The Hall–Kier alpha value is -0.640. The number of aryl methyl sites for hydroxylation is 1. The summed E-state index contributed by atoms with van der Waals surface area (Å²) in [6.45, 7) is 1.90. The lowest BCUT2D eigenvalue weighted by Gasteiger charge is -1.99. The van der Waals surface area contributed by atoms with Crippen molar-refractivity contribution >= 4 is 21.7 Å². The minimum absolute atomic E-state index is 0.769. The SMILES string of the molecule is CNc1nnc(C)cc1Br. The average molecular weight is 202 g/mol. The molecule has 0 aliphatic carbocycles. The van der Waals surface area contributed by atoms with Crippen molar-refractivity contribution in [2.24, 2.45) is 0 Å². The van der Waals surface area contributed by atoms with Gasteiger partial charge in [-0.05, 0) is 28.9 Å². The largest absolute Gasteiger partial charge is 0.371 e. The molecule has 1 N–H and O–H groups in total. The third-order valence-electron chi connectivity index (χ3n) is 1.11. The van der Waals surface area contributed by atoms with Gasteiger partial charge < -0.3 is 5.32 Å². The number of hydrogen-bond acceptors (Lipinski definition) is 3. The number of nitrogens with zero attached hydrogens (tertiary/aromatic N) is 2. The van der Waals surface area contributed by atoms with E-state index in [1.165, 1.54) is 0 Å². The third kappa shape index (κ3) is 1.44. The van der Waals surface area contributed by atoms with Crippen molar-refractivity contribution in [1.82, 2.24) is 10.2 Å². The third-order valence-corrected chi connectivity index (χ3v) is 1.71. The van der Waals surface area contributed by atoms with Crippen LogP contribution in [0, 0.1) is 6.92 Å². The molecule has 0 bridgehead atoms. The number of rotatable bonds is 1. The van der Waals surface area contributed by atoms with Gasteiger partial charge in [0.15, 0.2) is 5.82 Å². The Bertz CT molecular complexity index is 236. The predicted octanol–water partition coefficient (Wildman–Crippen LogP) is 1.59. The van der Waals surface area contributed by atoms with Gasteiger partial charge in [0.1, 0.15) is 0 Å². The molecule has 1 heterocycles. The van der Waals surface area contributed by atoms with Crippen molar-refractivity contribution in [3.8, 4) is 0 Å². The van der Waals surface area contributed by atoms with Gasteiger partial charge in [0.25, 0.3) is 0 Å². The normalized spacial score (nSPS) is 9.50. The van der Waals surface area contributed by atoms with Crippen molar-refractivity contribution in [2.45, 2.75) is 6.92 Å². The minimum atomic E-state index is 0.769. The molecule has 54 valence electrons. The van der Waals surface area contributed by atoms with Crippen molar-refractivity contribution in [3.63, 3.8) is 0 Å². The van der Waals surface area contributed by atoms with Gasteiger partial charge in [-0.3, -0.25) is 0 Å². The highest BCUT2D eigenvalue weighted by atomic mass is 79.9. The Morgan fingerprint density at radius 2 is 2.20 bits per heavy atom. The first-order valence-corrected chi connectivity index (χ1v) is 3.71. The van der Waals surface area contributed by atoms with Crippen LogP contribution in [-0.4, -0.2) is 17.2 Å². The molecule has 0 aliphatic heterocycles. The number of anilines is 1.